The molecule has 0 amide bonds. The molecule has 0 unspecified atom stereocenters. The lowest BCUT2D eigenvalue weighted by Crippen LogP contribution is -2.12. The molecule has 0 bridgehead atoms. The summed E-state index contributed by atoms with van der Waals surface area (Å²) in [6.45, 7) is 4.33. The van der Waals surface area contributed by atoms with Crippen molar-refractivity contribution in [1.82, 2.24) is 4.57 Å². The van der Waals surface area contributed by atoms with Crippen molar-refractivity contribution in [2.75, 3.05) is 9.80 Å². The first-order valence-electron chi connectivity index (χ1n) is 18.9. The van der Waals surface area contributed by atoms with Gasteiger partial charge in [-0.3, -0.25) is 0 Å². The molecule has 0 radical (unpaired) electrons. The van der Waals surface area contributed by atoms with Gasteiger partial charge in [-0.15, -0.1) is 0 Å². The van der Waals surface area contributed by atoms with Crippen LogP contribution in [0.4, 0.5) is 34.1 Å². The Morgan fingerprint density at radius 1 is 0.364 bits per heavy atom. The molecule has 1 aromatic heterocycles. The molecule has 262 valence electrons. The van der Waals surface area contributed by atoms with Gasteiger partial charge in [0.25, 0.3) is 0 Å². The Kier molecular flexibility index (Phi) is 7.92. The van der Waals surface area contributed by atoms with Crippen LogP contribution in [-0.2, 0) is 0 Å². The molecule has 0 spiro atoms. The third-order valence-electron chi connectivity index (χ3n) is 10.8. The lowest BCUT2D eigenvalue weighted by Gasteiger charge is -2.29. The summed E-state index contributed by atoms with van der Waals surface area (Å²) in [5, 5.41) is 7.19. The highest BCUT2D eigenvalue weighted by molar-refractivity contribution is 6.24. The van der Waals surface area contributed by atoms with Crippen molar-refractivity contribution in [2.45, 2.75) is 13.8 Å². The molecule has 0 aliphatic rings. The number of rotatable bonds is 7. The zero-order valence-corrected chi connectivity index (χ0v) is 30.9. The van der Waals surface area contributed by atoms with Gasteiger partial charge in [0.1, 0.15) is 0 Å². The number of anilines is 6. The van der Waals surface area contributed by atoms with Crippen molar-refractivity contribution in [2.24, 2.45) is 0 Å². The standard InChI is InChI=1S/C52H39N3/c1-36-17-15-25-42(31-36)53(40-21-5-3-6-22-40)49-35-44(33-38-19-9-11-27-45(38)49)55-48-30-14-13-29-47(48)51-50(55)34-39-20-10-12-28-46(39)52(51)54(41-23-7-4-8-24-41)43-26-16-18-37(2)32-43/h3-35H,1-2H3. The number of nitrogens with zero attached hydrogens (tertiary/aromatic N) is 3. The van der Waals surface area contributed by atoms with Crippen LogP contribution in [0.5, 0.6) is 0 Å². The van der Waals surface area contributed by atoms with Gasteiger partial charge in [0.15, 0.2) is 0 Å². The number of aromatic nitrogens is 1. The van der Waals surface area contributed by atoms with Crippen LogP contribution in [0.15, 0.2) is 200 Å². The van der Waals surface area contributed by atoms with Gasteiger partial charge in [-0.2, -0.15) is 0 Å². The molecular weight excluding hydrogens is 667 g/mol. The molecule has 9 aromatic carbocycles. The first-order valence-corrected chi connectivity index (χ1v) is 18.9. The van der Waals surface area contributed by atoms with Crippen molar-refractivity contribution in [3.8, 4) is 5.69 Å². The maximum absolute atomic E-state index is 2.48. The lowest BCUT2D eigenvalue weighted by atomic mass is 10.0. The summed E-state index contributed by atoms with van der Waals surface area (Å²) in [6, 6.07) is 72.8. The van der Waals surface area contributed by atoms with Crippen LogP contribution in [0.2, 0.25) is 0 Å². The number of aryl methyl sites for hydroxylation is 2. The van der Waals surface area contributed by atoms with E-state index in [0.29, 0.717) is 0 Å². The molecule has 1 heterocycles. The first-order chi connectivity index (χ1) is 27.1. The molecule has 3 nitrogen and oxygen atoms in total. The van der Waals surface area contributed by atoms with Gasteiger partial charge in [0.05, 0.1) is 22.4 Å². The van der Waals surface area contributed by atoms with Crippen LogP contribution in [0.3, 0.4) is 0 Å². The zero-order chi connectivity index (χ0) is 36.9. The van der Waals surface area contributed by atoms with E-state index in [4.69, 9.17) is 0 Å². The predicted octanol–water partition coefficient (Wildman–Crippen LogP) is 14.6. The van der Waals surface area contributed by atoms with Crippen LogP contribution in [0.25, 0.3) is 49.0 Å². The number of hydrogen-bond acceptors (Lipinski definition) is 2. The number of hydrogen-bond donors (Lipinski definition) is 0. The smallest absolute Gasteiger partial charge is 0.0640 e. The fourth-order valence-corrected chi connectivity index (χ4v) is 8.39. The molecule has 55 heavy (non-hydrogen) atoms. The quantitative estimate of drug-likeness (QED) is 0.164. The van der Waals surface area contributed by atoms with Crippen LogP contribution in [0, 0.1) is 13.8 Å². The van der Waals surface area contributed by atoms with Gasteiger partial charge >= 0.3 is 0 Å². The van der Waals surface area contributed by atoms with E-state index in [-0.39, 0.29) is 0 Å². The fraction of sp³-hybridized carbons (Fsp3) is 0.0385. The molecule has 3 heteroatoms. The van der Waals surface area contributed by atoms with Crippen molar-refractivity contribution in [1.29, 1.82) is 0 Å². The van der Waals surface area contributed by atoms with Crippen LogP contribution >= 0.6 is 0 Å². The molecule has 10 rings (SSSR count). The second-order valence-corrected chi connectivity index (χ2v) is 14.4. The van der Waals surface area contributed by atoms with E-state index >= 15 is 0 Å². The Labute approximate surface area is 321 Å². The Morgan fingerprint density at radius 3 is 1.53 bits per heavy atom. The summed E-state index contributed by atoms with van der Waals surface area (Å²) in [5.74, 6) is 0. The maximum atomic E-state index is 2.48. The van der Waals surface area contributed by atoms with Gasteiger partial charge < -0.3 is 14.4 Å². The molecule has 0 saturated carbocycles. The third kappa shape index (κ3) is 5.60. The Balaban J connectivity index is 1.33. The summed E-state index contributed by atoms with van der Waals surface area (Å²) in [6.07, 6.45) is 0. The van der Waals surface area contributed by atoms with Crippen molar-refractivity contribution < 1.29 is 0 Å². The van der Waals surface area contributed by atoms with E-state index < -0.39 is 0 Å². The van der Waals surface area contributed by atoms with Crippen molar-refractivity contribution in [3.05, 3.63) is 211 Å². The zero-order valence-electron chi connectivity index (χ0n) is 30.9. The predicted molar refractivity (Wildman–Crippen MR) is 235 cm³/mol. The third-order valence-corrected chi connectivity index (χ3v) is 10.8. The Morgan fingerprint density at radius 2 is 0.873 bits per heavy atom. The van der Waals surface area contributed by atoms with E-state index in [1.165, 1.54) is 49.1 Å². The SMILES string of the molecule is Cc1cccc(N(c2ccccc2)c2cc(-n3c4ccccc4c4c(N(c5ccccc5)c5cccc(C)c5)c5ccccc5cc43)cc3ccccc23)c1. The summed E-state index contributed by atoms with van der Waals surface area (Å²) < 4.78 is 2.48. The van der Waals surface area contributed by atoms with Gasteiger partial charge in [0.2, 0.25) is 0 Å². The van der Waals surface area contributed by atoms with E-state index in [2.05, 4.69) is 228 Å². The van der Waals surface area contributed by atoms with Crippen LogP contribution in [-0.4, -0.2) is 4.57 Å². The Hall–Kier alpha value is -7.10. The summed E-state index contributed by atoms with van der Waals surface area (Å²) in [7, 11) is 0. The molecule has 0 aliphatic heterocycles. The molecule has 0 aliphatic carbocycles. The van der Waals surface area contributed by atoms with Gasteiger partial charge in [-0.05, 0) is 109 Å². The second-order valence-electron chi connectivity index (χ2n) is 14.4. The highest BCUT2D eigenvalue weighted by Crippen LogP contribution is 2.49. The number of benzene rings is 9. The largest absolute Gasteiger partial charge is 0.310 e. The average molecular weight is 706 g/mol. The van der Waals surface area contributed by atoms with Gasteiger partial charge in [0, 0.05) is 50.0 Å². The molecular formula is C52H39N3. The van der Waals surface area contributed by atoms with Crippen molar-refractivity contribution in [3.63, 3.8) is 0 Å². The molecule has 0 saturated heterocycles. The summed E-state index contributed by atoms with van der Waals surface area (Å²) >= 11 is 0. The fourth-order valence-electron chi connectivity index (χ4n) is 8.39. The van der Waals surface area contributed by atoms with Crippen molar-refractivity contribution >= 4 is 77.5 Å². The minimum atomic E-state index is 1.11. The average Bonchev–Trinajstić information content (AvgIpc) is 3.55. The topological polar surface area (TPSA) is 11.4 Å². The lowest BCUT2D eigenvalue weighted by molar-refractivity contribution is 1.18. The number of para-hydroxylation sites is 3. The second kappa shape index (κ2) is 13.4. The highest BCUT2D eigenvalue weighted by Gasteiger charge is 2.25. The molecule has 0 N–H and O–H groups in total. The van der Waals surface area contributed by atoms with E-state index in [1.807, 2.05) is 0 Å². The minimum absolute atomic E-state index is 1.11. The molecule has 0 atom stereocenters. The van der Waals surface area contributed by atoms with E-state index in [1.54, 1.807) is 0 Å². The van der Waals surface area contributed by atoms with Crippen LogP contribution in [0.1, 0.15) is 11.1 Å². The van der Waals surface area contributed by atoms with E-state index in [9.17, 15) is 0 Å². The Bertz CT molecular complexity index is 3020. The monoisotopic (exact) mass is 705 g/mol. The first kappa shape index (κ1) is 32.5. The minimum Gasteiger partial charge on any atom is -0.310 e. The maximum Gasteiger partial charge on any atom is 0.0640 e. The highest BCUT2D eigenvalue weighted by atomic mass is 15.2. The normalized spacial score (nSPS) is 11.5. The molecule has 10 aromatic rings. The van der Waals surface area contributed by atoms with E-state index in [0.717, 1.165) is 45.2 Å². The summed E-state index contributed by atoms with van der Waals surface area (Å²) in [4.78, 5) is 4.86. The van der Waals surface area contributed by atoms with Gasteiger partial charge in [-0.25, -0.2) is 0 Å². The van der Waals surface area contributed by atoms with Crippen LogP contribution < -0.4 is 9.80 Å². The van der Waals surface area contributed by atoms with Gasteiger partial charge in [-0.1, -0.05) is 127 Å². The number of fused-ring (bicyclic) bond motifs is 5. The summed E-state index contributed by atoms with van der Waals surface area (Å²) in [5.41, 5.74) is 12.7. The molecule has 0 fully saturated rings.